The van der Waals surface area contributed by atoms with Gasteiger partial charge in [-0.3, -0.25) is 0 Å². The summed E-state index contributed by atoms with van der Waals surface area (Å²) < 4.78 is 21.9. The number of hydrogen-bond donors (Lipinski definition) is 1. The summed E-state index contributed by atoms with van der Waals surface area (Å²) in [5.74, 6) is 3.00. The van der Waals surface area contributed by atoms with E-state index in [1.807, 2.05) is 54.3 Å². The molecule has 2 aromatic carbocycles. The molecule has 0 spiro atoms. The zero-order chi connectivity index (χ0) is 22.9. The lowest BCUT2D eigenvalue weighted by atomic mass is 9.94. The summed E-state index contributed by atoms with van der Waals surface area (Å²) in [4.78, 5) is 6.68. The summed E-state index contributed by atoms with van der Waals surface area (Å²) in [5, 5.41) is 8.25. The molecule has 3 heterocycles. The largest absolute Gasteiger partial charge is 0.497 e. The summed E-state index contributed by atoms with van der Waals surface area (Å²) in [6, 6.07) is 13.1. The van der Waals surface area contributed by atoms with E-state index in [1.54, 1.807) is 13.2 Å². The molecule has 8 nitrogen and oxygen atoms in total. The number of thiocarbonyl (C=S) groups is 1. The molecule has 33 heavy (non-hydrogen) atoms. The molecule has 3 aromatic rings. The van der Waals surface area contributed by atoms with E-state index in [0.29, 0.717) is 34.9 Å². The van der Waals surface area contributed by atoms with Gasteiger partial charge >= 0.3 is 0 Å². The zero-order valence-electron chi connectivity index (χ0n) is 18.2. The summed E-state index contributed by atoms with van der Waals surface area (Å²) in [6.45, 7) is 6.60. The molecule has 0 saturated carbocycles. The second kappa shape index (κ2) is 8.59. The fourth-order valence-corrected chi connectivity index (χ4v) is 4.27. The predicted octanol–water partition coefficient (Wildman–Crippen LogP) is 4.32. The Hall–Kier alpha value is -3.85. The molecule has 5 rings (SSSR count). The Morgan fingerprint density at radius 2 is 2.00 bits per heavy atom. The van der Waals surface area contributed by atoms with Gasteiger partial charge in [-0.2, -0.15) is 4.98 Å². The monoisotopic (exact) mass is 462 g/mol. The number of nitrogens with one attached hydrogen (secondary N) is 1. The van der Waals surface area contributed by atoms with Gasteiger partial charge in [0.15, 0.2) is 16.6 Å². The Kier molecular flexibility index (Phi) is 5.47. The summed E-state index contributed by atoms with van der Waals surface area (Å²) >= 11 is 5.64. The van der Waals surface area contributed by atoms with E-state index >= 15 is 0 Å². The van der Waals surface area contributed by atoms with E-state index in [-0.39, 0.29) is 12.8 Å². The number of methoxy groups -OCH3 is 1. The van der Waals surface area contributed by atoms with Gasteiger partial charge in [-0.05, 0) is 55.0 Å². The first kappa shape index (κ1) is 21.0. The van der Waals surface area contributed by atoms with E-state index in [9.17, 15) is 0 Å². The zero-order valence-corrected chi connectivity index (χ0v) is 19.0. The van der Waals surface area contributed by atoms with Crippen molar-refractivity contribution in [2.24, 2.45) is 0 Å². The maximum absolute atomic E-state index is 5.76. The van der Waals surface area contributed by atoms with Crippen LogP contribution in [0.25, 0.3) is 17.0 Å². The van der Waals surface area contributed by atoms with Crippen LogP contribution in [0.2, 0.25) is 0 Å². The van der Waals surface area contributed by atoms with Gasteiger partial charge in [0.25, 0.3) is 5.89 Å². The molecule has 1 aromatic heterocycles. The van der Waals surface area contributed by atoms with Crippen molar-refractivity contribution in [3.05, 3.63) is 72.3 Å². The van der Waals surface area contributed by atoms with Crippen molar-refractivity contribution in [3.63, 3.8) is 0 Å². The Morgan fingerprint density at radius 3 is 2.76 bits per heavy atom. The van der Waals surface area contributed by atoms with Gasteiger partial charge in [0, 0.05) is 17.8 Å². The van der Waals surface area contributed by atoms with Crippen molar-refractivity contribution in [3.8, 4) is 28.6 Å². The van der Waals surface area contributed by atoms with Gasteiger partial charge < -0.3 is 29.0 Å². The molecule has 0 saturated heterocycles. The van der Waals surface area contributed by atoms with Crippen molar-refractivity contribution in [1.82, 2.24) is 20.4 Å². The van der Waals surface area contributed by atoms with Gasteiger partial charge in [0.2, 0.25) is 12.6 Å². The lowest BCUT2D eigenvalue weighted by molar-refractivity contribution is 0.174. The number of aromatic nitrogens is 2. The van der Waals surface area contributed by atoms with Crippen LogP contribution in [-0.2, 0) is 0 Å². The Balaban J connectivity index is 1.57. The number of rotatable bonds is 6. The van der Waals surface area contributed by atoms with Gasteiger partial charge in [0.05, 0.1) is 18.7 Å². The number of benzene rings is 2. The number of ether oxygens (including phenoxy) is 3. The molecule has 0 bridgehead atoms. The molecular weight excluding hydrogens is 440 g/mol. The molecule has 2 aliphatic rings. The fourth-order valence-electron chi connectivity index (χ4n) is 3.94. The summed E-state index contributed by atoms with van der Waals surface area (Å²) in [7, 11) is 1.64. The number of fused-ring (bicyclic) bond motifs is 1. The van der Waals surface area contributed by atoms with Crippen LogP contribution in [0.3, 0.4) is 0 Å². The quantitative estimate of drug-likeness (QED) is 0.425. The van der Waals surface area contributed by atoms with Crippen LogP contribution >= 0.6 is 12.2 Å². The third-order valence-corrected chi connectivity index (χ3v) is 5.98. The molecule has 0 fully saturated rings. The van der Waals surface area contributed by atoms with Gasteiger partial charge in [-0.1, -0.05) is 23.4 Å². The minimum absolute atomic E-state index is 0.205. The SMILES string of the molecule is C=CCN1C(=S)NC(c2ccc(OC)cc2)C(c2nc(-c3ccc4c(c3)OCO4)no2)=C1C. The van der Waals surface area contributed by atoms with Crippen LogP contribution in [0, 0.1) is 0 Å². The Bertz CT molecular complexity index is 1250. The summed E-state index contributed by atoms with van der Waals surface area (Å²) in [6.07, 6.45) is 1.80. The third kappa shape index (κ3) is 3.80. The van der Waals surface area contributed by atoms with Crippen LogP contribution in [-0.4, -0.2) is 40.6 Å². The van der Waals surface area contributed by atoms with Crippen molar-refractivity contribution in [2.45, 2.75) is 13.0 Å². The smallest absolute Gasteiger partial charge is 0.258 e. The van der Waals surface area contributed by atoms with Crippen LogP contribution in [0.15, 0.2) is 65.3 Å². The first-order valence-corrected chi connectivity index (χ1v) is 10.8. The van der Waals surface area contributed by atoms with Gasteiger partial charge in [-0.25, -0.2) is 0 Å². The van der Waals surface area contributed by atoms with Crippen LogP contribution in [0.4, 0.5) is 0 Å². The maximum atomic E-state index is 5.76. The predicted molar refractivity (Wildman–Crippen MR) is 127 cm³/mol. The lowest BCUT2D eigenvalue weighted by Gasteiger charge is -2.36. The summed E-state index contributed by atoms with van der Waals surface area (Å²) in [5.41, 5.74) is 3.53. The van der Waals surface area contributed by atoms with E-state index < -0.39 is 0 Å². The van der Waals surface area contributed by atoms with E-state index in [1.165, 1.54) is 0 Å². The van der Waals surface area contributed by atoms with Crippen molar-refractivity contribution < 1.29 is 18.7 Å². The molecule has 2 aliphatic heterocycles. The normalized spacial score (nSPS) is 17.2. The second-order valence-corrected chi connectivity index (χ2v) is 7.93. The Labute approximate surface area is 196 Å². The molecular formula is C24H22N4O4S. The van der Waals surface area contributed by atoms with E-state index in [4.69, 9.17) is 35.9 Å². The molecule has 1 N–H and O–H groups in total. The molecule has 168 valence electrons. The Morgan fingerprint density at radius 1 is 1.21 bits per heavy atom. The van der Waals surface area contributed by atoms with E-state index in [0.717, 1.165) is 28.1 Å². The molecule has 0 amide bonds. The number of nitrogens with zero attached hydrogens (tertiary/aromatic N) is 3. The highest BCUT2D eigenvalue weighted by Crippen LogP contribution is 2.39. The van der Waals surface area contributed by atoms with Gasteiger partial charge in [-0.15, -0.1) is 6.58 Å². The second-order valence-electron chi connectivity index (χ2n) is 7.55. The highest BCUT2D eigenvalue weighted by atomic mass is 32.1. The minimum Gasteiger partial charge on any atom is -0.497 e. The van der Waals surface area contributed by atoms with Crippen LogP contribution < -0.4 is 19.5 Å². The first-order chi connectivity index (χ1) is 16.1. The minimum atomic E-state index is -0.269. The lowest BCUT2D eigenvalue weighted by Crippen LogP contribution is -2.45. The number of hydrogen-bond acceptors (Lipinski definition) is 7. The highest BCUT2D eigenvalue weighted by molar-refractivity contribution is 7.80. The van der Waals surface area contributed by atoms with Crippen molar-refractivity contribution in [2.75, 3.05) is 20.4 Å². The molecule has 9 heteroatoms. The molecule has 0 aliphatic carbocycles. The highest BCUT2D eigenvalue weighted by Gasteiger charge is 2.33. The third-order valence-electron chi connectivity index (χ3n) is 5.64. The topological polar surface area (TPSA) is 81.9 Å². The van der Waals surface area contributed by atoms with Crippen LogP contribution in [0.5, 0.6) is 17.2 Å². The average molecular weight is 463 g/mol. The maximum Gasteiger partial charge on any atom is 0.258 e. The first-order valence-electron chi connectivity index (χ1n) is 10.4. The molecule has 1 unspecified atom stereocenters. The number of allylic oxidation sites excluding steroid dienone is 1. The van der Waals surface area contributed by atoms with Crippen molar-refractivity contribution in [1.29, 1.82) is 0 Å². The van der Waals surface area contributed by atoms with Gasteiger partial charge in [0.1, 0.15) is 5.75 Å². The van der Waals surface area contributed by atoms with Crippen LogP contribution in [0.1, 0.15) is 24.4 Å². The molecule has 0 radical (unpaired) electrons. The van der Waals surface area contributed by atoms with Crippen molar-refractivity contribution >= 4 is 22.9 Å². The molecule has 1 atom stereocenters. The fraction of sp³-hybridized carbons (Fsp3) is 0.208. The van der Waals surface area contributed by atoms with E-state index in [2.05, 4.69) is 17.1 Å². The average Bonchev–Trinajstić information content (AvgIpc) is 3.50. The standard InChI is InChI=1S/C24H22N4O4S/c1-4-11-28-14(2)20(21(25-24(28)33)15-5-8-17(29-3)9-6-15)23-26-22(27-32-23)16-7-10-18-19(12-16)31-13-30-18/h4-10,12,21H,1,11,13H2,2-3H3,(H,25,33).